The van der Waals surface area contributed by atoms with Crippen LogP contribution >= 0.6 is 0 Å². The number of phenolic OH excluding ortho intramolecular Hbond substituents is 1. The Balaban J connectivity index is 1.63. The maximum absolute atomic E-state index is 10.0. The summed E-state index contributed by atoms with van der Waals surface area (Å²) in [5.41, 5.74) is 1.31. The number of likely N-dealkylation sites (N-methyl/N-ethyl adjacent to an activating group) is 1. The maximum atomic E-state index is 10.0. The minimum Gasteiger partial charge on any atom is -0.508 e. The van der Waals surface area contributed by atoms with Crippen LogP contribution < -0.4 is 5.32 Å². The van der Waals surface area contributed by atoms with Gasteiger partial charge in [-0.15, -0.1) is 0 Å². The lowest BCUT2D eigenvalue weighted by Crippen LogP contribution is -2.53. The van der Waals surface area contributed by atoms with Crippen molar-refractivity contribution in [3.8, 4) is 5.75 Å². The van der Waals surface area contributed by atoms with E-state index in [9.17, 15) is 5.11 Å². The van der Waals surface area contributed by atoms with Crippen LogP contribution in [0.15, 0.2) is 24.3 Å². The van der Waals surface area contributed by atoms with Crippen molar-refractivity contribution in [1.29, 1.82) is 0 Å². The molecular formula is C23H39N3O. The van der Waals surface area contributed by atoms with Gasteiger partial charge in [0.15, 0.2) is 0 Å². The molecule has 0 spiro atoms. The molecule has 0 radical (unpaired) electrons. The summed E-state index contributed by atoms with van der Waals surface area (Å²) < 4.78 is 0. The quantitative estimate of drug-likeness (QED) is 0.677. The third-order valence-corrected chi connectivity index (χ3v) is 6.76. The maximum Gasteiger partial charge on any atom is 0.115 e. The van der Waals surface area contributed by atoms with Gasteiger partial charge in [0.05, 0.1) is 0 Å². The van der Waals surface area contributed by atoms with Gasteiger partial charge in [-0.25, -0.2) is 0 Å². The van der Waals surface area contributed by atoms with Gasteiger partial charge in [-0.3, -0.25) is 4.90 Å². The van der Waals surface area contributed by atoms with E-state index in [0.29, 0.717) is 5.75 Å². The predicted octanol–water partition coefficient (Wildman–Crippen LogP) is 3.95. The number of rotatable bonds is 8. The summed E-state index contributed by atoms with van der Waals surface area (Å²) in [6.45, 7) is 8.17. The second-order valence-corrected chi connectivity index (χ2v) is 8.69. The highest BCUT2D eigenvalue weighted by Gasteiger charge is 2.38. The molecule has 0 aromatic heterocycles. The lowest BCUT2D eigenvalue weighted by atomic mass is 9.74. The van der Waals surface area contributed by atoms with Gasteiger partial charge in [0, 0.05) is 37.8 Å². The molecule has 1 saturated heterocycles. The number of benzene rings is 1. The van der Waals surface area contributed by atoms with Gasteiger partial charge in [0.25, 0.3) is 0 Å². The minimum absolute atomic E-state index is 0.0357. The first-order valence-electron chi connectivity index (χ1n) is 11.1. The van der Waals surface area contributed by atoms with Gasteiger partial charge in [0.1, 0.15) is 5.75 Å². The molecule has 0 unspecified atom stereocenters. The number of phenols is 1. The largest absolute Gasteiger partial charge is 0.508 e. The van der Waals surface area contributed by atoms with E-state index >= 15 is 0 Å². The topological polar surface area (TPSA) is 38.7 Å². The smallest absolute Gasteiger partial charge is 0.115 e. The molecule has 1 aliphatic heterocycles. The Morgan fingerprint density at radius 3 is 2.48 bits per heavy atom. The number of piperazine rings is 1. The molecule has 1 saturated carbocycles. The van der Waals surface area contributed by atoms with Crippen molar-refractivity contribution >= 4 is 0 Å². The summed E-state index contributed by atoms with van der Waals surface area (Å²) >= 11 is 0. The van der Waals surface area contributed by atoms with Crippen molar-refractivity contribution in [3.05, 3.63) is 29.8 Å². The molecule has 0 atom stereocenters. The van der Waals surface area contributed by atoms with E-state index in [1.54, 1.807) is 6.07 Å². The Labute approximate surface area is 165 Å². The highest BCUT2D eigenvalue weighted by Crippen LogP contribution is 2.40. The van der Waals surface area contributed by atoms with Gasteiger partial charge in [-0.1, -0.05) is 38.3 Å². The standard InChI is InChI=1S/C23H39N3O/c1-3-4-5-6-14-24-23(20-8-7-9-22(27)19-20)12-10-21(11-13-23)26-17-15-25(2)16-18-26/h7-9,19,21,24,27H,3-6,10-18H2,1-2H3. The molecule has 3 rings (SSSR count). The third-order valence-electron chi connectivity index (χ3n) is 6.76. The Morgan fingerprint density at radius 1 is 1.07 bits per heavy atom. The van der Waals surface area contributed by atoms with Crippen LogP contribution in [-0.2, 0) is 5.54 Å². The summed E-state index contributed by atoms with van der Waals surface area (Å²) in [5.74, 6) is 0.390. The van der Waals surface area contributed by atoms with Gasteiger partial charge >= 0.3 is 0 Å². The second-order valence-electron chi connectivity index (χ2n) is 8.69. The zero-order valence-electron chi connectivity index (χ0n) is 17.4. The lowest BCUT2D eigenvalue weighted by Gasteiger charge is -2.46. The first kappa shape index (κ1) is 20.6. The summed E-state index contributed by atoms with van der Waals surface area (Å²) in [6.07, 6.45) is 10.0. The number of unbranched alkanes of at least 4 members (excludes halogenated alkanes) is 3. The van der Waals surface area contributed by atoms with Crippen molar-refractivity contribution in [2.24, 2.45) is 0 Å². The fourth-order valence-corrected chi connectivity index (χ4v) is 4.90. The van der Waals surface area contributed by atoms with Crippen molar-refractivity contribution in [1.82, 2.24) is 15.1 Å². The zero-order valence-corrected chi connectivity index (χ0v) is 17.4. The average molecular weight is 374 g/mol. The van der Waals surface area contributed by atoms with Crippen LogP contribution in [0, 0.1) is 0 Å². The molecule has 1 heterocycles. The molecular weight excluding hydrogens is 334 g/mol. The SMILES string of the molecule is CCCCCCNC1(c2cccc(O)c2)CCC(N2CCN(C)CC2)CC1. The Kier molecular flexibility index (Phi) is 7.57. The number of hydrogen-bond donors (Lipinski definition) is 2. The fourth-order valence-electron chi connectivity index (χ4n) is 4.90. The second kappa shape index (κ2) is 9.90. The van der Waals surface area contributed by atoms with Gasteiger partial charge in [-0.05, 0) is 63.4 Å². The van der Waals surface area contributed by atoms with Crippen molar-refractivity contribution < 1.29 is 5.11 Å². The molecule has 0 amide bonds. The van der Waals surface area contributed by atoms with E-state index in [1.165, 1.54) is 83.1 Å². The fraction of sp³-hybridized carbons (Fsp3) is 0.739. The predicted molar refractivity (Wildman–Crippen MR) is 113 cm³/mol. The number of nitrogens with zero attached hydrogens (tertiary/aromatic N) is 2. The van der Waals surface area contributed by atoms with Crippen LogP contribution in [0.3, 0.4) is 0 Å². The van der Waals surface area contributed by atoms with Crippen molar-refractivity contribution in [2.75, 3.05) is 39.8 Å². The zero-order chi connectivity index (χ0) is 19.1. The minimum atomic E-state index is 0.0357. The molecule has 2 fully saturated rings. The van der Waals surface area contributed by atoms with Crippen LogP contribution in [0.5, 0.6) is 5.75 Å². The monoisotopic (exact) mass is 373 g/mol. The molecule has 1 aliphatic carbocycles. The molecule has 4 heteroatoms. The van der Waals surface area contributed by atoms with Gasteiger partial charge in [-0.2, -0.15) is 0 Å². The summed E-state index contributed by atoms with van der Waals surface area (Å²) in [4.78, 5) is 5.15. The number of aromatic hydroxyl groups is 1. The normalized spacial score (nSPS) is 27.7. The average Bonchev–Trinajstić information content (AvgIpc) is 2.69. The van der Waals surface area contributed by atoms with E-state index in [-0.39, 0.29) is 5.54 Å². The third kappa shape index (κ3) is 5.46. The van der Waals surface area contributed by atoms with Crippen LogP contribution in [0.2, 0.25) is 0 Å². The van der Waals surface area contributed by atoms with E-state index in [1.807, 2.05) is 12.1 Å². The molecule has 1 aromatic carbocycles. The van der Waals surface area contributed by atoms with Crippen LogP contribution in [-0.4, -0.2) is 60.7 Å². The van der Waals surface area contributed by atoms with Gasteiger partial charge < -0.3 is 15.3 Å². The Morgan fingerprint density at radius 2 is 1.81 bits per heavy atom. The highest BCUT2D eigenvalue weighted by molar-refractivity contribution is 5.33. The van der Waals surface area contributed by atoms with Crippen LogP contribution in [0.4, 0.5) is 0 Å². The summed E-state index contributed by atoms with van der Waals surface area (Å²) in [5, 5.41) is 14.0. The Bertz CT molecular complexity index is 560. The first-order valence-corrected chi connectivity index (χ1v) is 11.1. The molecule has 2 aliphatic rings. The van der Waals surface area contributed by atoms with Crippen molar-refractivity contribution in [3.63, 3.8) is 0 Å². The molecule has 1 aromatic rings. The lowest BCUT2D eigenvalue weighted by molar-refractivity contribution is 0.0674. The highest BCUT2D eigenvalue weighted by atomic mass is 16.3. The van der Waals surface area contributed by atoms with E-state index in [4.69, 9.17) is 0 Å². The molecule has 2 N–H and O–H groups in total. The Hall–Kier alpha value is -1.10. The van der Waals surface area contributed by atoms with Crippen LogP contribution in [0.25, 0.3) is 0 Å². The first-order chi connectivity index (χ1) is 13.1. The molecule has 27 heavy (non-hydrogen) atoms. The molecule has 4 nitrogen and oxygen atoms in total. The van der Waals surface area contributed by atoms with Crippen molar-refractivity contribution in [2.45, 2.75) is 69.9 Å². The number of nitrogens with one attached hydrogen (secondary N) is 1. The van der Waals surface area contributed by atoms with E-state index < -0.39 is 0 Å². The molecule has 0 bridgehead atoms. The summed E-state index contributed by atoms with van der Waals surface area (Å²) in [7, 11) is 2.23. The van der Waals surface area contributed by atoms with E-state index in [0.717, 1.165) is 12.6 Å². The van der Waals surface area contributed by atoms with Crippen LogP contribution in [0.1, 0.15) is 63.9 Å². The van der Waals surface area contributed by atoms with E-state index in [2.05, 4.69) is 35.2 Å². The molecule has 152 valence electrons. The summed E-state index contributed by atoms with van der Waals surface area (Å²) in [6, 6.07) is 8.70. The van der Waals surface area contributed by atoms with Gasteiger partial charge in [0.2, 0.25) is 0 Å². The number of hydrogen-bond acceptors (Lipinski definition) is 4.